The lowest BCUT2D eigenvalue weighted by molar-refractivity contribution is 1.00. The summed E-state index contributed by atoms with van der Waals surface area (Å²) in [6, 6.07) is 59.7. The maximum atomic E-state index is 4.88. The van der Waals surface area contributed by atoms with Gasteiger partial charge in [-0.05, 0) is 101 Å². The highest BCUT2D eigenvalue weighted by Crippen LogP contribution is 2.46. The van der Waals surface area contributed by atoms with E-state index in [9.17, 15) is 0 Å². The highest BCUT2D eigenvalue weighted by molar-refractivity contribution is 6.22. The molecule has 0 aliphatic carbocycles. The van der Waals surface area contributed by atoms with Crippen molar-refractivity contribution in [1.82, 2.24) is 9.61 Å². The molecule has 0 spiro atoms. The number of rotatable bonds is 3. The minimum Gasteiger partial charge on any atom is -0.232 e. The Morgan fingerprint density at radius 3 is 1.53 bits per heavy atom. The number of nitrogens with zero attached hydrogens (tertiary/aromatic N) is 2. The first-order valence-electron chi connectivity index (χ1n) is 16.1. The molecular weight excluding hydrogens is 569 g/mol. The zero-order chi connectivity index (χ0) is 30.9. The van der Waals surface area contributed by atoms with Crippen LogP contribution in [0.3, 0.4) is 0 Å². The summed E-state index contributed by atoms with van der Waals surface area (Å²) in [6.45, 7) is 0. The lowest BCUT2D eigenvalue weighted by atomic mass is 9.84. The van der Waals surface area contributed by atoms with Crippen molar-refractivity contribution in [3.8, 4) is 33.4 Å². The SMILES string of the molecule is c1ccc2cc(-c3c4ccccc4c(-c4ccc5ccccc5c4)c4cc(-c5cnn6c5ccc5ccccc56)ccc34)ccc2c1. The number of para-hydroxylation sites is 1. The molecule has 0 fully saturated rings. The van der Waals surface area contributed by atoms with Gasteiger partial charge in [0.25, 0.3) is 0 Å². The molecule has 0 atom stereocenters. The van der Waals surface area contributed by atoms with Gasteiger partial charge in [-0.1, -0.05) is 133 Å². The van der Waals surface area contributed by atoms with E-state index in [0.717, 1.165) is 22.2 Å². The predicted molar refractivity (Wildman–Crippen MR) is 199 cm³/mol. The molecule has 8 aromatic carbocycles. The van der Waals surface area contributed by atoms with Gasteiger partial charge in [0.2, 0.25) is 0 Å². The van der Waals surface area contributed by atoms with Crippen molar-refractivity contribution >= 4 is 59.5 Å². The van der Waals surface area contributed by atoms with E-state index in [1.165, 1.54) is 70.7 Å². The second-order valence-electron chi connectivity index (χ2n) is 12.4. The van der Waals surface area contributed by atoms with Crippen LogP contribution in [0.25, 0.3) is 92.9 Å². The average molecular weight is 597 g/mol. The monoisotopic (exact) mass is 596 g/mol. The maximum Gasteiger partial charge on any atom is 0.0747 e. The third-order valence-corrected chi connectivity index (χ3v) is 9.80. The van der Waals surface area contributed by atoms with Crippen LogP contribution in [0.5, 0.6) is 0 Å². The van der Waals surface area contributed by atoms with Gasteiger partial charge in [-0.15, -0.1) is 0 Å². The number of benzene rings is 8. The van der Waals surface area contributed by atoms with Gasteiger partial charge in [0.15, 0.2) is 0 Å². The van der Waals surface area contributed by atoms with Gasteiger partial charge in [0, 0.05) is 10.9 Å². The van der Waals surface area contributed by atoms with E-state index in [1.54, 1.807) is 0 Å². The summed E-state index contributed by atoms with van der Waals surface area (Å²) < 4.78 is 2.07. The molecule has 47 heavy (non-hydrogen) atoms. The minimum atomic E-state index is 1.10. The molecule has 218 valence electrons. The van der Waals surface area contributed by atoms with Crippen LogP contribution >= 0.6 is 0 Å². The Hall–Kier alpha value is -6.25. The third-order valence-electron chi connectivity index (χ3n) is 9.80. The van der Waals surface area contributed by atoms with Crippen LogP contribution < -0.4 is 0 Å². The summed E-state index contributed by atoms with van der Waals surface area (Å²) in [5.41, 5.74) is 9.47. The van der Waals surface area contributed by atoms with Gasteiger partial charge in [-0.2, -0.15) is 5.10 Å². The lowest BCUT2D eigenvalue weighted by Crippen LogP contribution is -1.92. The van der Waals surface area contributed by atoms with Crippen LogP contribution in [0, 0.1) is 0 Å². The Morgan fingerprint density at radius 2 is 0.851 bits per heavy atom. The molecule has 0 saturated carbocycles. The molecule has 0 bridgehead atoms. The largest absolute Gasteiger partial charge is 0.232 e. The molecule has 2 heterocycles. The highest BCUT2D eigenvalue weighted by atomic mass is 15.2. The summed E-state index contributed by atoms with van der Waals surface area (Å²) in [5.74, 6) is 0. The van der Waals surface area contributed by atoms with Crippen molar-refractivity contribution in [2.45, 2.75) is 0 Å². The molecule has 0 amide bonds. The Balaban J connectivity index is 1.31. The molecule has 0 N–H and O–H groups in total. The molecule has 0 unspecified atom stereocenters. The van der Waals surface area contributed by atoms with Gasteiger partial charge in [0.1, 0.15) is 0 Å². The van der Waals surface area contributed by atoms with E-state index in [1.807, 2.05) is 6.20 Å². The lowest BCUT2D eigenvalue weighted by Gasteiger charge is -2.19. The maximum absolute atomic E-state index is 4.88. The number of fused-ring (bicyclic) bond motifs is 7. The van der Waals surface area contributed by atoms with E-state index in [2.05, 4.69) is 168 Å². The van der Waals surface area contributed by atoms with E-state index in [-0.39, 0.29) is 0 Å². The summed E-state index contributed by atoms with van der Waals surface area (Å²) in [6.07, 6.45) is 2.02. The van der Waals surface area contributed by atoms with Crippen molar-refractivity contribution < 1.29 is 0 Å². The summed E-state index contributed by atoms with van der Waals surface area (Å²) in [4.78, 5) is 0. The first kappa shape index (κ1) is 26.0. The molecule has 2 aromatic heterocycles. The van der Waals surface area contributed by atoms with E-state index >= 15 is 0 Å². The normalized spacial score (nSPS) is 11.8. The minimum absolute atomic E-state index is 1.10. The predicted octanol–water partition coefficient (Wildman–Crippen LogP) is 12.1. The fourth-order valence-electron chi connectivity index (χ4n) is 7.58. The zero-order valence-electron chi connectivity index (χ0n) is 25.6. The molecule has 0 aliphatic heterocycles. The van der Waals surface area contributed by atoms with Gasteiger partial charge in [0.05, 0.1) is 17.2 Å². The standard InChI is InChI=1S/C45H28N2/c1-3-12-32-25-35(19-17-29(32)9-1)44-37-14-6-7-15-38(37)45(36-20-18-30-10-2-4-13-33(30)26-36)40-27-34(21-23-39(40)44)41-28-46-47-42-16-8-5-11-31(42)22-24-43(41)47/h1-28H. The number of aromatic nitrogens is 2. The molecule has 10 aromatic rings. The second-order valence-corrected chi connectivity index (χ2v) is 12.4. The van der Waals surface area contributed by atoms with Gasteiger partial charge < -0.3 is 0 Å². The number of pyridine rings is 1. The first-order valence-corrected chi connectivity index (χ1v) is 16.1. The zero-order valence-corrected chi connectivity index (χ0v) is 25.6. The topological polar surface area (TPSA) is 17.3 Å². The third kappa shape index (κ3) is 4.02. The Kier molecular flexibility index (Phi) is 5.61. The molecule has 2 nitrogen and oxygen atoms in total. The van der Waals surface area contributed by atoms with Crippen molar-refractivity contribution in [2.75, 3.05) is 0 Å². The first-order chi connectivity index (χ1) is 23.3. The van der Waals surface area contributed by atoms with Crippen LogP contribution in [0.15, 0.2) is 170 Å². The van der Waals surface area contributed by atoms with Crippen LogP contribution in [0.2, 0.25) is 0 Å². The average Bonchev–Trinajstić information content (AvgIpc) is 3.58. The fraction of sp³-hybridized carbons (Fsp3) is 0. The number of hydrogen-bond acceptors (Lipinski definition) is 1. The van der Waals surface area contributed by atoms with Crippen LogP contribution in [-0.2, 0) is 0 Å². The molecule has 10 rings (SSSR count). The van der Waals surface area contributed by atoms with E-state index in [4.69, 9.17) is 5.10 Å². The quantitative estimate of drug-likeness (QED) is 0.185. The number of hydrogen-bond donors (Lipinski definition) is 0. The molecule has 0 saturated heterocycles. The second kappa shape index (κ2) is 10.1. The molecule has 2 heteroatoms. The van der Waals surface area contributed by atoms with Crippen molar-refractivity contribution in [3.05, 3.63) is 170 Å². The molecular formula is C45H28N2. The highest BCUT2D eigenvalue weighted by Gasteiger charge is 2.19. The van der Waals surface area contributed by atoms with Gasteiger partial charge in [-0.3, -0.25) is 0 Å². The van der Waals surface area contributed by atoms with Crippen LogP contribution in [0.1, 0.15) is 0 Å². The molecule has 0 radical (unpaired) electrons. The van der Waals surface area contributed by atoms with E-state index in [0.29, 0.717) is 0 Å². The Morgan fingerprint density at radius 1 is 0.340 bits per heavy atom. The van der Waals surface area contributed by atoms with Gasteiger partial charge >= 0.3 is 0 Å². The fourth-order valence-corrected chi connectivity index (χ4v) is 7.58. The molecule has 0 aliphatic rings. The smallest absolute Gasteiger partial charge is 0.0747 e. The summed E-state index contributed by atoms with van der Waals surface area (Å²) in [7, 11) is 0. The van der Waals surface area contributed by atoms with Crippen molar-refractivity contribution in [1.29, 1.82) is 0 Å². The van der Waals surface area contributed by atoms with Crippen LogP contribution in [-0.4, -0.2) is 9.61 Å². The Bertz CT molecular complexity index is 2860. The van der Waals surface area contributed by atoms with Crippen LogP contribution in [0.4, 0.5) is 0 Å². The van der Waals surface area contributed by atoms with E-state index < -0.39 is 0 Å². The van der Waals surface area contributed by atoms with Crippen molar-refractivity contribution in [2.24, 2.45) is 0 Å². The summed E-state index contributed by atoms with van der Waals surface area (Å²) >= 11 is 0. The Labute approximate surface area is 271 Å². The van der Waals surface area contributed by atoms with Gasteiger partial charge in [-0.25, -0.2) is 4.52 Å². The summed E-state index contributed by atoms with van der Waals surface area (Å²) in [5, 5.41) is 16.0. The van der Waals surface area contributed by atoms with Crippen molar-refractivity contribution in [3.63, 3.8) is 0 Å².